The molecule has 60 valence electrons. The fraction of sp³-hybridized carbons (Fsp3) is 0.600. The van der Waals surface area contributed by atoms with Crippen molar-refractivity contribution in [3.05, 3.63) is 23.5 Å². The maximum absolute atomic E-state index is 2.40. The van der Waals surface area contributed by atoms with E-state index in [2.05, 4.69) is 30.7 Å². The van der Waals surface area contributed by atoms with E-state index in [4.69, 9.17) is 0 Å². The lowest BCUT2D eigenvalue weighted by molar-refractivity contribution is 0.749. The van der Waals surface area contributed by atoms with Crippen molar-refractivity contribution >= 4 is 0 Å². The zero-order chi connectivity index (χ0) is 7.84. The second-order valence-corrected chi connectivity index (χ2v) is 3.67. The third-order valence-electron chi connectivity index (χ3n) is 2.55. The molecule has 0 saturated carbocycles. The molecule has 0 aromatic carbocycles. The summed E-state index contributed by atoms with van der Waals surface area (Å²) in [4.78, 5) is 0. The lowest BCUT2D eigenvalue weighted by Crippen LogP contribution is -1.93. The molecule has 1 aromatic rings. The van der Waals surface area contributed by atoms with Crippen LogP contribution in [0.25, 0.3) is 0 Å². The van der Waals surface area contributed by atoms with Crippen molar-refractivity contribution in [2.45, 2.75) is 39.2 Å². The Labute approximate surface area is 68.0 Å². The van der Waals surface area contributed by atoms with Gasteiger partial charge >= 0.3 is 0 Å². The molecule has 0 aliphatic carbocycles. The van der Waals surface area contributed by atoms with E-state index in [0.717, 1.165) is 0 Å². The topological polar surface area (TPSA) is 4.93 Å². The monoisotopic (exact) mass is 149 g/mol. The van der Waals surface area contributed by atoms with Gasteiger partial charge in [-0.15, -0.1) is 0 Å². The van der Waals surface area contributed by atoms with Crippen molar-refractivity contribution in [1.82, 2.24) is 4.57 Å². The molecule has 0 atom stereocenters. The summed E-state index contributed by atoms with van der Waals surface area (Å²) in [6, 6.07) is 2.28. The highest BCUT2D eigenvalue weighted by molar-refractivity contribution is 5.27. The number of rotatable bonds is 1. The molecule has 0 fully saturated rings. The van der Waals surface area contributed by atoms with E-state index in [-0.39, 0.29) is 0 Å². The van der Waals surface area contributed by atoms with Gasteiger partial charge in [-0.05, 0) is 30.4 Å². The largest absolute Gasteiger partial charge is 0.351 e. The average Bonchev–Trinajstić information content (AvgIpc) is 2.41. The molecular weight excluding hydrogens is 134 g/mol. The Bertz CT molecular complexity index is 258. The first-order chi connectivity index (χ1) is 5.29. The van der Waals surface area contributed by atoms with Gasteiger partial charge in [-0.25, -0.2) is 0 Å². The number of aromatic nitrogens is 1. The zero-order valence-electron chi connectivity index (χ0n) is 7.30. The first kappa shape index (κ1) is 6.96. The minimum Gasteiger partial charge on any atom is -0.351 e. The van der Waals surface area contributed by atoms with Gasteiger partial charge < -0.3 is 4.57 Å². The van der Waals surface area contributed by atoms with Crippen LogP contribution in [-0.4, -0.2) is 4.57 Å². The van der Waals surface area contributed by atoms with E-state index in [0.29, 0.717) is 5.92 Å². The highest BCUT2D eigenvalue weighted by Gasteiger charge is 2.15. The Morgan fingerprint density at radius 2 is 2.27 bits per heavy atom. The van der Waals surface area contributed by atoms with Crippen LogP contribution in [0.15, 0.2) is 12.3 Å². The molecule has 0 N–H and O–H groups in total. The fourth-order valence-corrected chi connectivity index (χ4v) is 1.96. The highest BCUT2D eigenvalue weighted by atomic mass is 15.0. The molecule has 1 nitrogen and oxygen atoms in total. The summed E-state index contributed by atoms with van der Waals surface area (Å²) in [5, 5.41) is 0. The maximum atomic E-state index is 2.40. The lowest BCUT2D eigenvalue weighted by atomic mass is 10.0. The number of nitrogens with zero attached hydrogens (tertiary/aromatic N) is 1. The summed E-state index contributed by atoms with van der Waals surface area (Å²) >= 11 is 0. The van der Waals surface area contributed by atoms with Gasteiger partial charge in [0, 0.05) is 18.4 Å². The van der Waals surface area contributed by atoms with Crippen molar-refractivity contribution < 1.29 is 0 Å². The average molecular weight is 149 g/mol. The van der Waals surface area contributed by atoms with Gasteiger partial charge in [0.2, 0.25) is 0 Å². The van der Waals surface area contributed by atoms with Gasteiger partial charge in [-0.2, -0.15) is 0 Å². The lowest BCUT2D eigenvalue weighted by Gasteiger charge is -2.04. The van der Waals surface area contributed by atoms with Gasteiger partial charge in [-0.1, -0.05) is 13.8 Å². The third-order valence-corrected chi connectivity index (χ3v) is 2.55. The molecule has 0 bridgehead atoms. The molecule has 0 amide bonds. The Hall–Kier alpha value is -0.720. The van der Waals surface area contributed by atoms with Crippen LogP contribution in [0.2, 0.25) is 0 Å². The van der Waals surface area contributed by atoms with E-state index in [1.54, 1.807) is 11.3 Å². The summed E-state index contributed by atoms with van der Waals surface area (Å²) in [5.74, 6) is 0.698. The Kier molecular flexibility index (Phi) is 1.52. The third kappa shape index (κ3) is 0.991. The second-order valence-electron chi connectivity index (χ2n) is 3.67. The first-order valence-corrected chi connectivity index (χ1v) is 4.47. The van der Waals surface area contributed by atoms with E-state index in [1.807, 2.05) is 0 Å². The van der Waals surface area contributed by atoms with Crippen LogP contribution in [0, 0.1) is 0 Å². The minimum absolute atomic E-state index is 0.698. The number of hydrogen-bond donors (Lipinski definition) is 0. The second kappa shape index (κ2) is 2.40. The Balaban J connectivity index is 2.42. The molecular formula is C10H15N. The molecule has 11 heavy (non-hydrogen) atoms. The minimum atomic E-state index is 0.698. The quantitative estimate of drug-likeness (QED) is 0.578. The molecule has 1 aromatic heterocycles. The van der Waals surface area contributed by atoms with Crippen LogP contribution >= 0.6 is 0 Å². The summed E-state index contributed by atoms with van der Waals surface area (Å²) in [7, 11) is 0. The van der Waals surface area contributed by atoms with Crippen molar-refractivity contribution in [2.75, 3.05) is 0 Å². The molecule has 1 heteroatoms. The molecule has 2 rings (SSSR count). The summed E-state index contributed by atoms with van der Waals surface area (Å²) in [5.41, 5.74) is 3.14. The van der Waals surface area contributed by atoms with E-state index >= 15 is 0 Å². The molecule has 0 saturated heterocycles. The number of hydrogen-bond acceptors (Lipinski definition) is 0. The Morgan fingerprint density at radius 1 is 1.45 bits per heavy atom. The van der Waals surface area contributed by atoms with Crippen LogP contribution in [0.1, 0.15) is 37.4 Å². The predicted octanol–water partition coefficient (Wildman–Crippen LogP) is 2.56. The fourth-order valence-electron chi connectivity index (χ4n) is 1.96. The van der Waals surface area contributed by atoms with Crippen LogP contribution in [0.5, 0.6) is 0 Å². The standard InChI is InChI=1S/C10H15N/c1-8(2)9-5-7-11-6-3-4-10(9)11/h5,7-8H,3-4,6H2,1-2H3. The summed E-state index contributed by atoms with van der Waals surface area (Å²) in [6.07, 6.45) is 4.87. The summed E-state index contributed by atoms with van der Waals surface area (Å²) < 4.78 is 2.40. The van der Waals surface area contributed by atoms with Gasteiger partial charge in [0.15, 0.2) is 0 Å². The van der Waals surface area contributed by atoms with Gasteiger partial charge in [0.1, 0.15) is 0 Å². The molecule has 1 aliphatic rings. The van der Waals surface area contributed by atoms with Crippen LogP contribution in [0.3, 0.4) is 0 Å². The van der Waals surface area contributed by atoms with E-state index in [1.165, 1.54) is 19.4 Å². The maximum Gasteiger partial charge on any atom is 0.0226 e. The normalized spacial score (nSPS) is 15.9. The van der Waals surface area contributed by atoms with Gasteiger partial charge in [0.25, 0.3) is 0 Å². The Morgan fingerprint density at radius 3 is 3.00 bits per heavy atom. The van der Waals surface area contributed by atoms with E-state index in [9.17, 15) is 0 Å². The van der Waals surface area contributed by atoms with E-state index < -0.39 is 0 Å². The predicted molar refractivity (Wildman–Crippen MR) is 46.8 cm³/mol. The molecule has 0 radical (unpaired) electrons. The van der Waals surface area contributed by atoms with Crippen molar-refractivity contribution in [3.8, 4) is 0 Å². The van der Waals surface area contributed by atoms with Crippen molar-refractivity contribution in [3.63, 3.8) is 0 Å². The molecule has 2 heterocycles. The molecule has 1 aliphatic heterocycles. The zero-order valence-corrected chi connectivity index (χ0v) is 7.30. The van der Waals surface area contributed by atoms with Crippen LogP contribution in [0.4, 0.5) is 0 Å². The van der Waals surface area contributed by atoms with Crippen LogP contribution in [-0.2, 0) is 13.0 Å². The van der Waals surface area contributed by atoms with Gasteiger partial charge in [-0.3, -0.25) is 0 Å². The van der Waals surface area contributed by atoms with Crippen LogP contribution < -0.4 is 0 Å². The first-order valence-electron chi connectivity index (χ1n) is 4.47. The van der Waals surface area contributed by atoms with Crippen molar-refractivity contribution in [1.29, 1.82) is 0 Å². The smallest absolute Gasteiger partial charge is 0.0226 e. The SMILES string of the molecule is CC(C)c1ccn2c1CCC2. The molecule has 0 unspecified atom stereocenters. The van der Waals surface area contributed by atoms with Crippen molar-refractivity contribution in [2.24, 2.45) is 0 Å². The number of fused-ring (bicyclic) bond motifs is 1. The number of aryl methyl sites for hydroxylation is 1. The summed E-state index contributed by atoms with van der Waals surface area (Å²) in [6.45, 7) is 5.78. The highest BCUT2D eigenvalue weighted by Crippen LogP contribution is 2.25. The molecule has 0 spiro atoms. The van der Waals surface area contributed by atoms with Gasteiger partial charge in [0.05, 0.1) is 0 Å².